The maximum Gasteiger partial charge on any atom is 0.409 e. The summed E-state index contributed by atoms with van der Waals surface area (Å²) in [5.74, 6) is 1.17. The van der Waals surface area contributed by atoms with Gasteiger partial charge in [-0.25, -0.2) is 14.8 Å². The SMILES string of the molecule is Cn1ccnc1N1CCN(c2ccc(C(=O)NCCCN3CCOC3=O)cc2NC(=O)c2coc(C3CC3)n2)CC1. The van der Waals surface area contributed by atoms with Gasteiger partial charge in [0.1, 0.15) is 12.9 Å². The number of cyclic esters (lactones) is 1. The van der Waals surface area contributed by atoms with Gasteiger partial charge < -0.3 is 39.1 Å². The van der Waals surface area contributed by atoms with Gasteiger partial charge in [0, 0.05) is 70.2 Å². The average Bonchev–Trinajstić information content (AvgIpc) is 3.33. The Morgan fingerprint density at radius 3 is 2.59 bits per heavy atom. The second kappa shape index (κ2) is 11.5. The van der Waals surface area contributed by atoms with E-state index in [4.69, 9.17) is 9.15 Å². The van der Waals surface area contributed by atoms with Crippen molar-refractivity contribution in [3.8, 4) is 0 Å². The Bertz CT molecular complexity index is 1420. The third kappa shape index (κ3) is 5.98. The lowest BCUT2D eigenvalue weighted by atomic mass is 10.1. The zero-order valence-corrected chi connectivity index (χ0v) is 23.0. The highest BCUT2D eigenvalue weighted by atomic mass is 16.6. The third-order valence-corrected chi connectivity index (χ3v) is 7.62. The summed E-state index contributed by atoms with van der Waals surface area (Å²) in [6, 6.07) is 5.34. The summed E-state index contributed by atoms with van der Waals surface area (Å²) in [5.41, 5.74) is 2.00. The summed E-state index contributed by atoms with van der Waals surface area (Å²) in [6.07, 6.45) is 7.45. The fourth-order valence-electron chi connectivity index (χ4n) is 5.16. The van der Waals surface area contributed by atoms with Gasteiger partial charge in [-0.2, -0.15) is 0 Å². The number of carbonyl (C=O) groups excluding carboxylic acids is 3. The summed E-state index contributed by atoms with van der Waals surface area (Å²) < 4.78 is 12.5. The molecule has 0 atom stereocenters. The van der Waals surface area contributed by atoms with Gasteiger partial charge in [0.15, 0.2) is 11.6 Å². The van der Waals surface area contributed by atoms with Crippen LogP contribution in [0.25, 0.3) is 0 Å². The first-order chi connectivity index (χ1) is 20.0. The van der Waals surface area contributed by atoms with Crippen molar-refractivity contribution in [2.75, 3.05) is 67.5 Å². The molecule has 41 heavy (non-hydrogen) atoms. The largest absolute Gasteiger partial charge is 0.448 e. The number of amides is 3. The van der Waals surface area contributed by atoms with E-state index in [0.29, 0.717) is 55.7 Å². The quantitative estimate of drug-likeness (QED) is 0.357. The average molecular weight is 563 g/mol. The minimum absolute atomic E-state index is 0.216. The lowest BCUT2D eigenvalue weighted by Crippen LogP contribution is -2.47. The zero-order chi connectivity index (χ0) is 28.3. The van der Waals surface area contributed by atoms with E-state index in [2.05, 4.69) is 30.4 Å². The number of hydrogen-bond donors (Lipinski definition) is 2. The first-order valence-corrected chi connectivity index (χ1v) is 14.0. The van der Waals surface area contributed by atoms with Crippen LogP contribution >= 0.6 is 0 Å². The van der Waals surface area contributed by atoms with Crippen molar-refractivity contribution in [2.24, 2.45) is 7.05 Å². The second-order valence-electron chi connectivity index (χ2n) is 10.6. The Hall–Kier alpha value is -4.55. The molecule has 0 unspecified atom stereocenters. The van der Waals surface area contributed by atoms with Gasteiger partial charge in [-0.15, -0.1) is 0 Å². The second-order valence-corrected chi connectivity index (χ2v) is 10.6. The molecule has 0 bridgehead atoms. The van der Waals surface area contributed by atoms with Crippen LogP contribution in [0, 0.1) is 0 Å². The van der Waals surface area contributed by atoms with Crippen LogP contribution in [0.5, 0.6) is 0 Å². The zero-order valence-electron chi connectivity index (χ0n) is 23.0. The molecule has 1 aliphatic carbocycles. The van der Waals surface area contributed by atoms with Gasteiger partial charge in [-0.05, 0) is 37.5 Å². The van der Waals surface area contributed by atoms with E-state index in [1.54, 1.807) is 23.2 Å². The number of ether oxygens (including phenoxy) is 1. The van der Waals surface area contributed by atoms with Gasteiger partial charge >= 0.3 is 6.09 Å². The number of nitrogens with one attached hydrogen (secondary N) is 2. The molecule has 1 saturated carbocycles. The molecule has 2 aliphatic heterocycles. The van der Waals surface area contributed by atoms with Crippen molar-refractivity contribution in [3.05, 3.63) is 54.0 Å². The molecule has 13 heteroatoms. The first-order valence-electron chi connectivity index (χ1n) is 14.0. The number of imidazole rings is 1. The molecule has 2 N–H and O–H groups in total. The van der Waals surface area contributed by atoms with Crippen molar-refractivity contribution < 1.29 is 23.5 Å². The molecule has 3 aromatic rings. The summed E-state index contributed by atoms with van der Waals surface area (Å²) in [4.78, 5) is 52.7. The molecule has 0 spiro atoms. The predicted octanol–water partition coefficient (Wildman–Crippen LogP) is 2.44. The van der Waals surface area contributed by atoms with E-state index in [-0.39, 0.29) is 23.6 Å². The number of benzene rings is 1. The van der Waals surface area contributed by atoms with Gasteiger partial charge in [0.25, 0.3) is 11.8 Å². The van der Waals surface area contributed by atoms with Crippen LogP contribution in [0.2, 0.25) is 0 Å². The molecular formula is C28H34N8O5. The van der Waals surface area contributed by atoms with Crippen LogP contribution in [-0.4, -0.2) is 89.8 Å². The molecule has 3 fully saturated rings. The molecular weight excluding hydrogens is 528 g/mol. The third-order valence-electron chi connectivity index (χ3n) is 7.62. The maximum absolute atomic E-state index is 13.2. The number of carbonyl (C=O) groups is 3. The maximum atomic E-state index is 13.2. The molecule has 3 amide bonds. The van der Waals surface area contributed by atoms with Crippen LogP contribution in [-0.2, 0) is 11.8 Å². The van der Waals surface area contributed by atoms with E-state index >= 15 is 0 Å². The van der Waals surface area contributed by atoms with Crippen molar-refractivity contribution in [3.63, 3.8) is 0 Å². The number of piperazine rings is 1. The van der Waals surface area contributed by atoms with Crippen LogP contribution in [0.1, 0.15) is 51.9 Å². The number of rotatable bonds is 10. The number of aromatic nitrogens is 3. The van der Waals surface area contributed by atoms with Crippen molar-refractivity contribution in [2.45, 2.75) is 25.2 Å². The number of oxazole rings is 1. The first kappa shape index (κ1) is 26.7. The summed E-state index contributed by atoms with van der Waals surface area (Å²) >= 11 is 0. The van der Waals surface area contributed by atoms with Crippen molar-refractivity contribution in [1.82, 2.24) is 24.8 Å². The normalized spacial score (nSPS) is 17.1. The predicted molar refractivity (Wildman–Crippen MR) is 150 cm³/mol. The molecule has 3 aliphatic rings. The van der Waals surface area contributed by atoms with Crippen molar-refractivity contribution >= 4 is 35.2 Å². The van der Waals surface area contributed by atoms with Crippen LogP contribution in [0.4, 0.5) is 22.1 Å². The van der Waals surface area contributed by atoms with Crippen LogP contribution in [0.3, 0.4) is 0 Å². The van der Waals surface area contributed by atoms with E-state index < -0.39 is 0 Å². The van der Waals surface area contributed by atoms with Crippen LogP contribution < -0.4 is 20.4 Å². The molecule has 4 heterocycles. The molecule has 13 nitrogen and oxygen atoms in total. The molecule has 6 rings (SSSR count). The minimum Gasteiger partial charge on any atom is -0.448 e. The van der Waals surface area contributed by atoms with Gasteiger partial charge in [-0.3, -0.25) is 9.59 Å². The fourth-order valence-corrected chi connectivity index (χ4v) is 5.16. The highest BCUT2D eigenvalue weighted by molar-refractivity contribution is 6.06. The number of hydrogen-bond acceptors (Lipinski definition) is 9. The van der Waals surface area contributed by atoms with Crippen LogP contribution in [0.15, 0.2) is 41.3 Å². The van der Waals surface area contributed by atoms with E-state index in [9.17, 15) is 14.4 Å². The van der Waals surface area contributed by atoms with Gasteiger partial charge in [0.05, 0.1) is 17.9 Å². The summed E-state index contributed by atoms with van der Waals surface area (Å²) in [6.45, 7) is 4.86. The molecule has 1 aromatic carbocycles. The Balaban J connectivity index is 1.15. The lowest BCUT2D eigenvalue weighted by Gasteiger charge is -2.37. The molecule has 2 saturated heterocycles. The van der Waals surface area contributed by atoms with E-state index in [1.807, 2.05) is 23.9 Å². The number of nitrogens with zero attached hydrogens (tertiary/aromatic N) is 6. The summed E-state index contributed by atoms with van der Waals surface area (Å²) in [7, 11) is 1.98. The fraction of sp³-hybridized carbons (Fsp3) is 0.464. The number of aryl methyl sites for hydroxylation is 1. The number of anilines is 3. The van der Waals surface area contributed by atoms with E-state index in [0.717, 1.165) is 50.7 Å². The Morgan fingerprint density at radius 1 is 1.07 bits per heavy atom. The van der Waals surface area contributed by atoms with Gasteiger partial charge in [0.2, 0.25) is 5.95 Å². The smallest absolute Gasteiger partial charge is 0.409 e. The highest BCUT2D eigenvalue weighted by Gasteiger charge is 2.30. The Morgan fingerprint density at radius 2 is 1.88 bits per heavy atom. The summed E-state index contributed by atoms with van der Waals surface area (Å²) in [5, 5.41) is 5.89. The lowest BCUT2D eigenvalue weighted by molar-refractivity contribution is 0.0951. The van der Waals surface area contributed by atoms with Crippen molar-refractivity contribution in [1.29, 1.82) is 0 Å². The van der Waals surface area contributed by atoms with E-state index in [1.165, 1.54) is 6.26 Å². The van der Waals surface area contributed by atoms with Gasteiger partial charge in [-0.1, -0.05) is 0 Å². The molecule has 2 aromatic heterocycles. The topological polar surface area (TPSA) is 138 Å². The highest BCUT2D eigenvalue weighted by Crippen LogP contribution is 2.39. The Kier molecular flexibility index (Phi) is 7.49. The minimum atomic E-state index is -0.386. The molecule has 0 radical (unpaired) electrons. The Labute approximate surface area is 237 Å². The standard InChI is InChI=1S/C28H34N8O5/c1-33-10-8-30-27(33)35-13-11-34(12-14-35)23-6-5-20(24(37)29-7-2-9-36-15-16-40-28(36)39)17-21(23)31-25(38)22-18-41-26(32-22)19-3-4-19/h5-6,8,10,17-19H,2-4,7,9,11-16H2,1H3,(H,29,37)(H,31,38). The molecule has 216 valence electrons. The monoisotopic (exact) mass is 562 g/mol.